The Balaban J connectivity index is 3.15. The standard InChI is InChI=1S/C6H10N2O3S/c1-4(2)12(9,10)6-8-5(7)3-11-6/h3-4H,7H2,1-2H3. The number of anilines is 1. The van der Waals surface area contributed by atoms with E-state index in [2.05, 4.69) is 9.40 Å². The molecule has 6 heteroatoms. The van der Waals surface area contributed by atoms with Crippen LogP contribution in [0.25, 0.3) is 0 Å². The van der Waals surface area contributed by atoms with Gasteiger partial charge in [-0.05, 0) is 13.8 Å². The van der Waals surface area contributed by atoms with Gasteiger partial charge in [0.25, 0.3) is 0 Å². The molecule has 0 unspecified atom stereocenters. The van der Waals surface area contributed by atoms with E-state index in [9.17, 15) is 8.42 Å². The summed E-state index contributed by atoms with van der Waals surface area (Å²) in [5, 5.41) is -0.856. The maximum atomic E-state index is 11.3. The molecule has 0 aliphatic rings. The third-order valence-corrected chi connectivity index (χ3v) is 3.28. The average Bonchev–Trinajstić information content (AvgIpc) is 2.35. The maximum absolute atomic E-state index is 11.3. The van der Waals surface area contributed by atoms with Crippen LogP contribution in [0.2, 0.25) is 0 Å². The topological polar surface area (TPSA) is 86.2 Å². The molecule has 0 aliphatic carbocycles. The molecule has 1 aromatic rings. The summed E-state index contributed by atoms with van der Waals surface area (Å²) in [4.78, 5) is 3.53. The molecule has 0 saturated carbocycles. The van der Waals surface area contributed by atoms with Gasteiger partial charge in [-0.15, -0.1) is 0 Å². The SMILES string of the molecule is CC(C)S(=O)(=O)c1nc(N)co1. The van der Waals surface area contributed by atoms with Crippen LogP contribution in [0.5, 0.6) is 0 Å². The highest BCUT2D eigenvalue weighted by molar-refractivity contribution is 7.91. The van der Waals surface area contributed by atoms with Crippen molar-refractivity contribution < 1.29 is 12.8 Å². The van der Waals surface area contributed by atoms with Crippen LogP contribution in [-0.2, 0) is 9.84 Å². The zero-order chi connectivity index (χ0) is 9.35. The van der Waals surface area contributed by atoms with E-state index in [-0.39, 0.29) is 11.0 Å². The van der Waals surface area contributed by atoms with E-state index in [1.807, 2.05) is 0 Å². The number of sulfone groups is 1. The first-order valence-electron chi connectivity index (χ1n) is 3.39. The predicted molar refractivity (Wildman–Crippen MR) is 43.2 cm³/mol. The monoisotopic (exact) mass is 190 g/mol. The van der Waals surface area contributed by atoms with Crippen LogP contribution < -0.4 is 5.73 Å². The van der Waals surface area contributed by atoms with Crippen molar-refractivity contribution in [3.63, 3.8) is 0 Å². The van der Waals surface area contributed by atoms with Crippen LogP contribution in [0.15, 0.2) is 15.9 Å². The number of oxazole rings is 1. The van der Waals surface area contributed by atoms with E-state index in [4.69, 9.17) is 5.73 Å². The Hall–Kier alpha value is -1.04. The first kappa shape index (κ1) is 9.05. The molecule has 2 N–H and O–H groups in total. The number of nitrogens with two attached hydrogens (primary N) is 1. The summed E-state index contributed by atoms with van der Waals surface area (Å²) in [5.41, 5.74) is 5.21. The lowest BCUT2D eigenvalue weighted by molar-refractivity contribution is 0.427. The molecule has 0 aromatic carbocycles. The summed E-state index contributed by atoms with van der Waals surface area (Å²) in [6, 6.07) is 0. The van der Waals surface area contributed by atoms with E-state index in [0.29, 0.717) is 0 Å². The van der Waals surface area contributed by atoms with Crippen LogP contribution in [0.3, 0.4) is 0 Å². The highest BCUT2D eigenvalue weighted by Crippen LogP contribution is 2.15. The minimum atomic E-state index is -3.41. The van der Waals surface area contributed by atoms with Crippen LogP contribution >= 0.6 is 0 Å². The summed E-state index contributed by atoms with van der Waals surface area (Å²) in [5.74, 6) is 0.0780. The Labute approximate surface area is 70.5 Å². The zero-order valence-electron chi connectivity index (χ0n) is 6.81. The van der Waals surface area contributed by atoms with Crippen LogP contribution in [0.4, 0.5) is 5.82 Å². The molecular formula is C6H10N2O3S. The van der Waals surface area contributed by atoms with E-state index < -0.39 is 15.1 Å². The molecule has 0 atom stereocenters. The fourth-order valence-corrected chi connectivity index (χ4v) is 1.42. The van der Waals surface area contributed by atoms with Gasteiger partial charge in [0.05, 0.1) is 5.25 Å². The van der Waals surface area contributed by atoms with Gasteiger partial charge in [0.1, 0.15) is 6.26 Å². The number of nitrogens with zero attached hydrogens (tertiary/aromatic N) is 1. The Morgan fingerprint density at radius 2 is 2.17 bits per heavy atom. The Morgan fingerprint density at radius 3 is 2.50 bits per heavy atom. The second kappa shape index (κ2) is 2.78. The van der Waals surface area contributed by atoms with Crippen LogP contribution in [0.1, 0.15) is 13.8 Å². The third-order valence-electron chi connectivity index (χ3n) is 1.36. The second-order valence-corrected chi connectivity index (χ2v) is 5.01. The number of rotatable bonds is 2. The molecule has 0 fully saturated rings. The van der Waals surface area contributed by atoms with E-state index in [1.54, 1.807) is 13.8 Å². The van der Waals surface area contributed by atoms with E-state index in [1.165, 1.54) is 0 Å². The number of aromatic nitrogens is 1. The highest BCUT2D eigenvalue weighted by Gasteiger charge is 2.24. The molecule has 1 heterocycles. The predicted octanol–water partition coefficient (Wildman–Crippen LogP) is 0.439. The van der Waals surface area contributed by atoms with Crippen LogP contribution in [-0.4, -0.2) is 18.7 Å². The van der Waals surface area contributed by atoms with Gasteiger partial charge in [-0.25, -0.2) is 8.42 Å². The Bertz CT molecular complexity index is 366. The fraction of sp³-hybridized carbons (Fsp3) is 0.500. The van der Waals surface area contributed by atoms with Crippen LogP contribution in [0, 0.1) is 0 Å². The van der Waals surface area contributed by atoms with Crippen molar-refractivity contribution in [2.75, 3.05) is 5.73 Å². The van der Waals surface area contributed by atoms with Gasteiger partial charge in [-0.1, -0.05) is 0 Å². The molecule has 0 aliphatic heterocycles. The first-order valence-corrected chi connectivity index (χ1v) is 4.94. The molecule has 1 rings (SSSR count). The van der Waals surface area contributed by atoms with Crippen molar-refractivity contribution in [3.05, 3.63) is 6.26 Å². The molecule has 0 saturated heterocycles. The molecular weight excluding hydrogens is 180 g/mol. The molecule has 1 aromatic heterocycles. The molecule has 68 valence electrons. The van der Waals surface area contributed by atoms with Crippen molar-refractivity contribution >= 4 is 15.7 Å². The smallest absolute Gasteiger partial charge is 0.317 e. The number of nitrogen functional groups attached to an aromatic ring is 1. The van der Waals surface area contributed by atoms with Crippen molar-refractivity contribution in [1.82, 2.24) is 4.98 Å². The molecule has 0 spiro atoms. The lowest BCUT2D eigenvalue weighted by Gasteiger charge is -2.00. The van der Waals surface area contributed by atoms with E-state index >= 15 is 0 Å². The maximum Gasteiger partial charge on any atom is 0.317 e. The summed E-state index contributed by atoms with van der Waals surface area (Å²) >= 11 is 0. The summed E-state index contributed by atoms with van der Waals surface area (Å²) in [6.45, 7) is 3.10. The van der Waals surface area contributed by atoms with Crippen molar-refractivity contribution in [1.29, 1.82) is 0 Å². The average molecular weight is 190 g/mol. The number of hydrogen-bond acceptors (Lipinski definition) is 5. The van der Waals surface area contributed by atoms with Crippen molar-refractivity contribution in [2.24, 2.45) is 0 Å². The van der Waals surface area contributed by atoms with Gasteiger partial charge in [0.2, 0.25) is 9.84 Å². The molecule has 0 radical (unpaired) electrons. The number of hydrogen-bond donors (Lipinski definition) is 1. The minimum Gasteiger partial charge on any atom is -0.434 e. The highest BCUT2D eigenvalue weighted by atomic mass is 32.2. The summed E-state index contributed by atoms with van der Waals surface area (Å²) in [7, 11) is -3.41. The van der Waals surface area contributed by atoms with Gasteiger partial charge in [-0.2, -0.15) is 4.98 Å². The normalized spacial score (nSPS) is 12.2. The first-order chi connectivity index (χ1) is 5.44. The van der Waals surface area contributed by atoms with Gasteiger partial charge >= 0.3 is 5.22 Å². The van der Waals surface area contributed by atoms with Crippen molar-refractivity contribution in [3.8, 4) is 0 Å². The van der Waals surface area contributed by atoms with Crippen molar-refractivity contribution in [2.45, 2.75) is 24.3 Å². The summed E-state index contributed by atoms with van der Waals surface area (Å²) < 4.78 is 27.3. The molecule has 12 heavy (non-hydrogen) atoms. The lowest BCUT2D eigenvalue weighted by Crippen LogP contribution is -2.14. The third kappa shape index (κ3) is 1.42. The fourth-order valence-electron chi connectivity index (χ4n) is 0.601. The summed E-state index contributed by atoms with van der Waals surface area (Å²) in [6.07, 6.45) is 1.11. The van der Waals surface area contributed by atoms with Gasteiger partial charge in [-0.3, -0.25) is 0 Å². The largest absolute Gasteiger partial charge is 0.434 e. The van der Waals surface area contributed by atoms with E-state index in [0.717, 1.165) is 6.26 Å². The van der Waals surface area contributed by atoms with Gasteiger partial charge in [0, 0.05) is 0 Å². The Morgan fingerprint density at radius 1 is 1.58 bits per heavy atom. The second-order valence-electron chi connectivity index (χ2n) is 2.63. The Kier molecular flexibility index (Phi) is 2.10. The quantitative estimate of drug-likeness (QED) is 0.731. The van der Waals surface area contributed by atoms with Gasteiger partial charge in [0.15, 0.2) is 5.82 Å². The molecule has 5 nitrogen and oxygen atoms in total. The minimum absolute atomic E-state index is 0.0780. The molecule has 0 amide bonds. The molecule has 0 bridgehead atoms. The lowest BCUT2D eigenvalue weighted by atomic mass is 10.6. The zero-order valence-corrected chi connectivity index (χ0v) is 7.63. The van der Waals surface area contributed by atoms with Gasteiger partial charge < -0.3 is 10.2 Å².